The van der Waals surface area contributed by atoms with E-state index in [1.807, 2.05) is 51.1 Å². The maximum atomic E-state index is 13.2. The molecule has 3 aliphatic heterocycles. The van der Waals surface area contributed by atoms with Crippen LogP contribution in [-0.4, -0.2) is 59.0 Å². The molecule has 4 atom stereocenters. The second-order valence-electron chi connectivity index (χ2n) is 10.3. The summed E-state index contributed by atoms with van der Waals surface area (Å²) in [4.78, 5) is 43.7. The Hall–Kier alpha value is -3.92. The van der Waals surface area contributed by atoms with Crippen LogP contribution in [0.2, 0.25) is 0 Å². The number of pyridine rings is 1. The van der Waals surface area contributed by atoms with E-state index in [9.17, 15) is 14.4 Å². The average Bonchev–Trinajstić information content (AvgIpc) is 2.94. The van der Waals surface area contributed by atoms with Crippen molar-refractivity contribution in [3.63, 3.8) is 0 Å². The van der Waals surface area contributed by atoms with Crippen LogP contribution in [0.3, 0.4) is 0 Å². The SMILES string of the molecule is C=C1OC(C)c2cccc(n2)-c2ccc(cc2)OCC(=O)NC(C(C)C)C(=O)NC(C)C(=O)N2CCCC1N2. The van der Waals surface area contributed by atoms with Crippen LogP contribution in [0.4, 0.5) is 0 Å². The number of ether oxygens (including phenoxy) is 2. The number of hydrazine groups is 1. The van der Waals surface area contributed by atoms with Crippen molar-refractivity contribution in [2.24, 2.45) is 5.92 Å². The number of hydrogen-bond donors (Lipinski definition) is 3. The minimum atomic E-state index is -0.827. The summed E-state index contributed by atoms with van der Waals surface area (Å²) in [7, 11) is 0. The van der Waals surface area contributed by atoms with Gasteiger partial charge in [-0.3, -0.25) is 19.4 Å². The van der Waals surface area contributed by atoms with Gasteiger partial charge in [0.1, 0.15) is 29.7 Å². The van der Waals surface area contributed by atoms with Crippen molar-refractivity contribution in [2.75, 3.05) is 13.2 Å². The Kier molecular flexibility index (Phi) is 8.86. The Morgan fingerprint density at radius 1 is 1.05 bits per heavy atom. The molecule has 3 N–H and O–H groups in total. The molecular formula is C29H37N5O5. The predicted molar refractivity (Wildman–Crippen MR) is 146 cm³/mol. The van der Waals surface area contributed by atoms with Crippen molar-refractivity contribution in [3.8, 4) is 17.0 Å². The first-order valence-electron chi connectivity index (χ1n) is 13.3. The second-order valence-corrected chi connectivity index (χ2v) is 10.3. The van der Waals surface area contributed by atoms with Crippen molar-refractivity contribution >= 4 is 17.7 Å². The van der Waals surface area contributed by atoms with Crippen LogP contribution >= 0.6 is 0 Å². The summed E-state index contributed by atoms with van der Waals surface area (Å²) in [6.07, 6.45) is 1.13. The molecule has 0 aliphatic carbocycles. The summed E-state index contributed by atoms with van der Waals surface area (Å²) in [5.74, 6) is -0.339. The number of nitrogens with zero attached hydrogens (tertiary/aromatic N) is 2. The van der Waals surface area contributed by atoms with Gasteiger partial charge in [0, 0.05) is 12.1 Å². The molecule has 4 unspecified atom stereocenters. The molecule has 10 heteroatoms. The van der Waals surface area contributed by atoms with E-state index in [2.05, 4.69) is 22.6 Å². The summed E-state index contributed by atoms with van der Waals surface area (Å²) in [6.45, 7) is 11.5. The van der Waals surface area contributed by atoms with Crippen molar-refractivity contribution < 1.29 is 23.9 Å². The van der Waals surface area contributed by atoms with E-state index in [4.69, 9.17) is 14.5 Å². The minimum Gasteiger partial charge on any atom is -0.488 e. The first-order chi connectivity index (χ1) is 18.6. The van der Waals surface area contributed by atoms with Crippen LogP contribution in [0.15, 0.2) is 54.8 Å². The van der Waals surface area contributed by atoms with E-state index in [0.717, 1.165) is 29.8 Å². The van der Waals surface area contributed by atoms with E-state index in [1.165, 1.54) is 5.01 Å². The van der Waals surface area contributed by atoms with Gasteiger partial charge < -0.3 is 20.1 Å². The Morgan fingerprint density at radius 2 is 1.79 bits per heavy atom. The summed E-state index contributed by atoms with van der Waals surface area (Å²) in [5, 5.41) is 6.99. The molecule has 5 rings (SSSR count). The molecule has 0 radical (unpaired) electrons. The average molecular weight is 536 g/mol. The molecule has 10 nitrogen and oxygen atoms in total. The molecule has 4 heterocycles. The number of nitrogens with one attached hydrogen (secondary N) is 3. The highest BCUT2D eigenvalue weighted by molar-refractivity contribution is 5.92. The number of carbonyl (C=O) groups is 3. The molecule has 3 aliphatic rings. The fourth-order valence-electron chi connectivity index (χ4n) is 4.61. The van der Waals surface area contributed by atoms with Crippen molar-refractivity contribution in [1.29, 1.82) is 0 Å². The van der Waals surface area contributed by atoms with Gasteiger partial charge in [-0.25, -0.2) is 10.4 Å². The minimum absolute atomic E-state index is 0.204. The highest BCUT2D eigenvalue weighted by Crippen LogP contribution is 2.26. The van der Waals surface area contributed by atoms with Gasteiger partial charge in [0.05, 0.1) is 17.4 Å². The molecular weight excluding hydrogens is 498 g/mol. The standard InChI is InChI=1S/C29H37N5O5/c1-17(2)27-28(36)30-18(3)29(37)34-15-7-10-24(33-34)20(5)39-19(4)23-8-6-9-25(31-23)21-11-13-22(14-12-21)38-16-26(35)32-27/h6,8-9,11-14,17-19,24,27,33H,5,7,10,15-16H2,1-4H3,(H,30,36)(H,32,35). The number of benzene rings is 1. The lowest BCUT2D eigenvalue weighted by atomic mass is 10.0. The molecule has 2 aromatic rings. The van der Waals surface area contributed by atoms with Crippen LogP contribution in [-0.2, 0) is 19.1 Å². The highest BCUT2D eigenvalue weighted by atomic mass is 16.5. The molecule has 3 amide bonds. The van der Waals surface area contributed by atoms with Gasteiger partial charge in [-0.15, -0.1) is 0 Å². The lowest BCUT2D eigenvalue weighted by molar-refractivity contribution is -0.141. The Bertz CT molecular complexity index is 1210. The van der Waals surface area contributed by atoms with Crippen LogP contribution in [0.1, 0.15) is 52.3 Å². The third-order valence-electron chi connectivity index (χ3n) is 6.87. The first kappa shape index (κ1) is 28.1. The maximum absolute atomic E-state index is 13.2. The number of rotatable bonds is 1. The summed E-state index contributed by atoms with van der Waals surface area (Å²) < 4.78 is 11.8. The van der Waals surface area contributed by atoms with E-state index in [0.29, 0.717) is 18.1 Å². The van der Waals surface area contributed by atoms with Gasteiger partial charge >= 0.3 is 0 Å². The van der Waals surface area contributed by atoms with Crippen LogP contribution in [0.5, 0.6) is 5.75 Å². The van der Waals surface area contributed by atoms with Crippen LogP contribution in [0, 0.1) is 5.92 Å². The third-order valence-corrected chi connectivity index (χ3v) is 6.87. The number of carbonyl (C=O) groups excluding carboxylic acids is 3. The van der Waals surface area contributed by atoms with Crippen molar-refractivity contribution in [3.05, 3.63) is 60.5 Å². The van der Waals surface area contributed by atoms with Gasteiger partial charge in [0.15, 0.2) is 6.61 Å². The number of fused-ring (bicyclic) bond motifs is 12. The quantitative estimate of drug-likeness (QED) is 0.480. The third kappa shape index (κ3) is 6.94. The fraction of sp³-hybridized carbons (Fsp3) is 0.448. The predicted octanol–water partition coefficient (Wildman–Crippen LogP) is 2.87. The molecule has 0 spiro atoms. The molecule has 6 bridgehead atoms. The molecule has 1 aromatic heterocycles. The highest BCUT2D eigenvalue weighted by Gasteiger charge is 2.32. The Balaban J connectivity index is 1.61. The summed E-state index contributed by atoms with van der Waals surface area (Å²) >= 11 is 0. The fourth-order valence-corrected chi connectivity index (χ4v) is 4.61. The van der Waals surface area contributed by atoms with Gasteiger partial charge in [-0.05, 0) is 69.0 Å². The second kappa shape index (κ2) is 12.3. The van der Waals surface area contributed by atoms with E-state index < -0.39 is 23.9 Å². The maximum Gasteiger partial charge on any atom is 0.258 e. The lowest BCUT2D eigenvalue weighted by Crippen LogP contribution is -2.60. The molecule has 0 saturated carbocycles. The van der Waals surface area contributed by atoms with Crippen molar-refractivity contribution in [1.82, 2.24) is 26.1 Å². The van der Waals surface area contributed by atoms with Gasteiger partial charge in [-0.1, -0.05) is 26.5 Å². The summed E-state index contributed by atoms with van der Waals surface area (Å²) in [5.41, 5.74) is 5.60. The number of aromatic nitrogens is 1. The van der Waals surface area contributed by atoms with Gasteiger partial charge in [-0.2, -0.15) is 0 Å². The Morgan fingerprint density at radius 3 is 2.51 bits per heavy atom. The number of hydrogen-bond acceptors (Lipinski definition) is 7. The molecule has 1 fully saturated rings. The molecule has 1 aromatic carbocycles. The molecule has 39 heavy (non-hydrogen) atoms. The molecule has 1 saturated heterocycles. The lowest BCUT2D eigenvalue weighted by Gasteiger charge is -2.36. The largest absolute Gasteiger partial charge is 0.488 e. The van der Waals surface area contributed by atoms with Crippen LogP contribution in [0.25, 0.3) is 11.3 Å². The number of amides is 3. The van der Waals surface area contributed by atoms with E-state index in [1.54, 1.807) is 19.1 Å². The Labute approximate surface area is 229 Å². The van der Waals surface area contributed by atoms with Crippen LogP contribution < -0.4 is 20.8 Å². The normalized spacial score (nSPS) is 25.1. The smallest absolute Gasteiger partial charge is 0.258 e. The first-order valence-corrected chi connectivity index (χ1v) is 13.3. The zero-order valence-corrected chi connectivity index (χ0v) is 22.9. The zero-order valence-electron chi connectivity index (χ0n) is 22.9. The van der Waals surface area contributed by atoms with Crippen molar-refractivity contribution in [2.45, 2.75) is 64.8 Å². The summed E-state index contributed by atoms with van der Waals surface area (Å²) in [6, 6.07) is 11.1. The molecule has 208 valence electrons. The van der Waals surface area contributed by atoms with Gasteiger partial charge in [0.25, 0.3) is 11.8 Å². The topological polar surface area (TPSA) is 122 Å². The monoisotopic (exact) mass is 535 g/mol. The van der Waals surface area contributed by atoms with E-state index >= 15 is 0 Å². The van der Waals surface area contributed by atoms with E-state index in [-0.39, 0.29) is 30.6 Å². The van der Waals surface area contributed by atoms with Gasteiger partial charge in [0.2, 0.25) is 5.91 Å². The zero-order chi connectivity index (χ0) is 28.1.